The monoisotopic (exact) mass is 520 g/mol. The van der Waals surface area contributed by atoms with Crippen LogP contribution in [0.3, 0.4) is 0 Å². The van der Waals surface area contributed by atoms with Gasteiger partial charge in [0.2, 0.25) is 0 Å². The zero-order chi connectivity index (χ0) is 27.8. The van der Waals surface area contributed by atoms with E-state index in [1.165, 1.54) is 25.2 Å². The number of carboxylic acids is 4. The summed E-state index contributed by atoms with van der Waals surface area (Å²) in [5.41, 5.74) is 1.98. The number of piperidine rings is 1. The van der Waals surface area contributed by atoms with Gasteiger partial charge in [-0.05, 0) is 45.5 Å². The van der Waals surface area contributed by atoms with Crippen molar-refractivity contribution in [1.82, 2.24) is 19.4 Å². The van der Waals surface area contributed by atoms with Crippen molar-refractivity contribution in [3.8, 4) is 0 Å². The second-order valence-electron chi connectivity index (χ2n) is 7.79. The molecule has 1 atom stereocenters. The van der Waals surface area contributed by atoms with Crippen LogP contribution in [-0.4, -0.2) is 97.1 Å². The predicted octanol–water partition coefficient (Wildman–Crippen LogP) is 1.70. The lowest BCUT2D eigenvalue weighted by Gasteiger charge is -2.29. The zero-order valence-corrected chi connectivity index (χ0v) is 20.7. The fourth-order valence-electron chi connectivity index (χ4n) is 3.47. The molecule has 1 aliphatic rings. The molecule has 4 N–H and O–H groups in total. The first-order chi connectivity index (χ1) is 17.5. The molecule has 2 aromatic heterocycles. The van der Waals surface area contributed by atoms with Gasteiger partial charge in [0.1, 0.15) is 11.3 Å². The average Bonchev–Trinajstić information content (AvgIpc) is 3.21. The Balaban J connectivity index is 0.000000355. The van der Waals surface area contributed by atoms with Crippen LogP contribution in [0.25, 0.3) is 11.2 Å². The molecular formula is C24H32N4O9. The van der Waals surface area contributed by atoms with E-state index < -0.39 is 23.9 Å². The van der Waals surface area contributed by atoms with E-state index >= 15 is 0 Å². The topological polar surface area (TPSA) is 192 Å². The fourth-order valence-corrected chi connectivity index (χ4v) is 3.47. The summed E-state index contributed by atoms with van der Waals surface area (Å²) in [6.07, 6.45) is 6.53. The van der Waals surface area contributed by atoms with E-state index in [4.69, 9.17) is 30.1 Å². The third kappa shape index (κ3) is 12.4. The minimum atomic E-state index is -1.26. The van der Waals surface area contributed by atoms with Crippen molar-refractivity contribution in [3.05, 3.63) is 48.5 Å². The third-order valence-corrected chi connectivity index (χ3v) is 4.92. The van der Waals surface area contributed by atoms with Crippen molar-refractivity contribution < 1.29 is 44.3 Å². The minimum Gasteiger partial charge on any atom is -0.478 e. The first-order valence-electron chi connectivity index (χ1n) is 11.4. The van der Waals surface area contributed by atoms with Crippen molar-refractivity contribution >= 4 is 35.0 Å². The summed E-state index contributed by atoms with van der Waals surface area (Å²) < 4.78 is 7.79. The summed E-state index contributed by atoms with van der Waals surface area (Å²) in [5.74, 6) is -3.35. The highest BCUT2D eigenvalue weighted by atomic mass is 16.5. The molecule has 0 radical (unpaired) electrons. The summed E-state index contributed by atoms with van der Waals surface area (Å²) in [6.45, 7) is 6.60. The van der Waals surface area contributed by atoms with Gasteiger partial charge in [0.15, 0.2) is 5.65 Å². The van der Waals surface area contributed by atoms with Crippen LogP contribution in [-0.2, 0) is 30.5 Å². The molecule has 0 amide bonds. The van der Waals surface area contributed by atoms with Crippen molar-refractivity contribution in [3.63, 3.8) is 0 Å². The standard InChI is InChI=1S/C16H24N4O.2C4H4O4/c1-3-21-11-10-20-15(13-6-5-9-19(2)12-13)18-14-7-4-8-17-16(14)20;2*5-3(6)1-2-4(7)8/h4,7-8,13H,3,5-6,9-12H2,1-2H3;2*1-2H,(H,5,6)(H,7,8)/b;2*2-1+/t13-;;/m0../s1. The van der Waals surface area contributed by atoms with E-state index in [0.29, 0.717) is 36.8 Å². The van der Waals surface area contributed by atoms with E-state index in [2.05, 4.69) is 27.6 Å². The van der Waals surface area contributed by atoms with Crippen molar-refractivity contribution in [2.75, 3.05) is 33.4 Å². The minimum absolute atomic E-state index is 0.500. The Morgan fingerprint density at radius 3 is 2.08 bits per heavy atom. The second kappa shape index (κ2) is 16.5. The number of likely N-dealkylation sites (N-methyl/N-ethyl adjacent to an activating group) is 1. The first-order valence-corrected chi connectivity index (χ1v) is 11.4. The number of likely N-dealkylation sites (tertiary alicyclic amines) is 1. The highest BCUT2D eigenvalue weighted by Gasteiger charge is 2.24. The number of imidazole rings is 1. The van der Waals surface area contributed by atoms with Crippen LogP contribution >= 0.6 is 0 Å². The van der Waals surface area contributed by atoms with Gasteiger partial charge >= 0.3 is 23.9 Å². The Bertz CT molecular complexity index is 1040. The molecule has 0 saturated carbocycles. The average molecular weight is 521 g/mol. The Morgan fingerprint density at radius 1 is 1.03 bits per heavy atom. The number of pyridine rings is 1. The molecule has 37 heavy (non-hydrogen) atoms. The number of carboxylic acid groups (broad SMARTS) is 4. The van der Waals surface area contributed by atoms with Gasteiger partial charge in [-0.3, -0.25) is 0 Å². The molecule has 0 unspecified atom stereocenters. The largest absolute Gasteiger partial charge is 0.478 e. The molecule has 0 bridgehead atoms. The number of aromatic nitrogens is 3. The maximum Gasteiger partial charge on any atom is 0.328 e. The van der Waals surface area contributed by atoms with Gasteiger partial charge < -0.3 is 34.6 Å². The highest BCUT2D eigenvalue weighted by molar-refractivity contribution is 5.90. The van der Waals surface area contributed by atoms with Crippen LogP contribution in [0.2, 0.25) is 0 Å². The van der Waals surface area contributed by atoms with E-state index in [1.807, 2.05) is 19.2 Å². The normalized spacial score (nSPS) is 15.6. The number of hydrogen-bond acceptors (Lipinski definition) is 8. The van der Waals surface area contributed by atoms with Gasteiger partial charge in [-0.2, -0.15) is 0 Å². The second-order valence-corrected chi connectivity index (χ2v) is 7.79. The lowest BCUT2D eigenvalue weighted by molar-refractivity contribution is -0.134. The lowest BCUT2D eigenvalue weighted by atomic mass is 9.97. The Labute approximate surface area is 213 Å². The summed E-state index contributed by atoms with van der Waals surface area (Å²) >= 11 is 0. The fraction of sp³-hybridized carbons (Fsp3) is 0.417. The number of nitrogens with zero attached hydrogens (tertiary/aromatic N) is 4. The number of rotatable bonds is 9. The molecule has 202 valence electrons. The van der Waals surface area contributed by atoms with Crippen LogP contribution in [0, 0.1) is 0 Å². The summed E-state index contributed by atoms with van der Waals surface area (Å²) in [7, 11) is 2.19. The number of hydrogen-bond donors (Lipinski definition) is 4. The molecule has 13 heteroatoms. The number of ether oxygens (including phenoxy) is 1. The van der Waals surface area contributed by atoms with Crippen molar-refractivity contribution in [2.45, 2.75) is 32.2 Å². The molecule has 3 rings (SSSR count). The molecule has 2 aromatic rings. The van der Waals surface area contributed by atoms with Gasteiger partial charge in [-0.25, -0.2) is 29.1 Å². The predicted molar refractivity (Wildman–Crippen MR) is 132 cm³/mol. The van der Waals surface area contributed by atoms with E-state index in [0.717, 1.165) is 30.9 Å². The smallest absolute Gasteiger partial charge is 0.328 e. The number of fused-ring (bicyclic) bond motifs is 1. The molecule has 1 aliphatic heterocycles. The Morgan fingerprint density at radius 2 is 1.59 bits per heavy atom. The van der Waals surface area contributed by atoms with Gasteiger partial charge in [0, 0.05) is 56.1 Å². The molecule has 1 saturated heterocycles. The summed E-state index contributed by atoms with van der Waals surface area (Å²) in [5, 5.41) is 31.2. The van der Waals surface area contributed by atoms with Crippen LogP contribution in [0.5, 0.6) is 0 Å². The van der Waals surface area contributed by atoms with E-state index in [1.54, 1.807) is 0 Å². The van der Waals surface area contributed by atoms with E-state index in [9.17, 15) is 19.2 Å². The SMILES string of the molecule is CCOCCn1c([C@H]2CCCN(C)C2)nc2cccnc21.O=C(O)/C=C/C(=O)O.O=C(O)/C=C/C(=O)O. The zero-order valence-electron chi connectivity index (χ0n) is 20.7. The van der Waals surface area contributed by atoms with Crippen LogP contribution in [0.4, 0.5) is 0 Å². The van der Waals surface area contributed by atoms with Crippen LogP contribution in [0.15, 0.2) is 42.6 Å². The van der Waals surface area contributed by atoms with Crippen molar-refractivity contribution in [2.24, 2.45) is 0 Å². The number of aliphatic carboxylic acids is 4. The van der Waals surface area contributed by atoms with Gasteiger partial charge in [-0.1, -0.05) is 0 Å². The van der Waals surface area contributed by atoms with E-state index in [-0.39, 0.29) is 0 Å². The van der Waals surface area contributed by atoms with Crippen LogP contribution in [0.1, 0.15) is 31.5 Å². The highest BCUT2D eigenvalue weighted by Crippen LogP contribution is 2.28. The summed E-state index contributed by atoms with van der Waals surface area (Å²) in [4.78, 5) is 50.0. The van der Waals surface area contributed by atoms with Gasteiger partial charge in [0.05, 0.1) is 6.61 Å². The van der Waals surface area contributed by atoms with Crippen LogP contribution < -0.4 is 0 Å². The lowest BCUT2D eigenvalue weighted by Crippen LogP contribution is -2.32. The summed E-state index contributed by atoms with van der Waals surface area (Å²) in [6, 6.07) is 4.01. The number of carbonyl (C=O) groups is 4. The maximum absolute atomic E-state index is 9.55. The molecule has 3 heterocycles. The third-order valence-electron chi connectivity index (χ3n) is 4.92. The molecule has 1 fully saturated rings. The Kier molecular flexibility index (Phi) is 13.8. The quantitative estimate of drug-likeness (QED) is 0.277. The molecule has 0 aliphatic carbocycles. The molecular weight excluding hydrogens is 488 g/mol. The van der Waals surface area contributed by atoms with Gasteiger partial charge in [-0.15, -0.1) is 0 Å². The maximum atomic E-state index is 9.55. The van der Waals surface area contributed by atoms with Crippen molar-refractivity contribution in [1.29, 1.82) is 0 Å². The van der Waals surface area contributed by atoms with Gasteiger partial charge in [0.25, 0.3) is 0 Å². The molecule has 0 spiro atoms. The Hall–Kier alpha value is -4.10. The first kappa shape index (κ1) is 30.9. The molecule has 0 aromatic carbocycles. The molecule has 13 nitrogen and oxygen atoms in total.